The molecule has 8 nitrogen and oxygen atoms in total. The van der Waals surface area contributed by atoms with Crippen LogP contribution in [0.3, 0.4) is 0 Å². The molecule has 3 atom stereocenters. The normalized spacial score (nSPS) is 28.6. The van der Waals surface area contributed by atoms with E-state index >= 15 is 0 Å². The molecule has 2 rings (SSSR count). The second kappa shape index (κ2) is 6.33. The number of rotatable bonds is 5. The molecule has 2 heterocycles. The van der Waals surface area contributed by atoms with Gasteiger partial charge in [0, 0.05) is 4.75 Å². The highest BCUT2D eigenvalue weighted by Gasteiger charge is 2.63. The third kappa shape index (κ3) is 3.00. The number of carbonyl (C=O) groups excluding carboxylic acids is 3. The summed E-state index contributed by atoms with van der Waals surface area (Å²) in [7, 11) is 0. The number of fused-ring (bicyclic) bond motifs is 1. The Morgan fingerprint density at radius 1 is 1.32 bits per heavy atom. The Labute approximate surface area is 132 Å². The van der Waals surface area contributed by atoms with Crippen molar-refractivity contribution >= 4 is 29.8 Å². The fourth-order valence-corrected chi connectivity index (χ4v) is 4.03. The standard InChI is InChI=1S/C13H20N2O6S/c1-4-5-19-12(18)21-6-20-11(17)8-13(2,3)22-10-7(14)9(16)15(8)10/h7-8,10H,4-6,14H2,1-3H3/t7-,8+,10-/m1/s1. The maximum absolute atomic E-state index is 12.2. The van der Waals surface area contributed by atoms with Crippen LogP contribution >= 0.6 is 11.8 Å². The SMILES string of the molecule is CCCOC(=O)OCOC(=O)[C@@H]1N2C(=O)[C@@H](N)[C@H]2SC1(C)C. The average Bonchev–Trinajstić information content (AvgIpc) is 2.73. The van der Waals surface area contributed by atoms with Crippen LogP contribution in [0.15, 0.2) is 0 Å². The fourth-order valence-electron chi connectivity index (χ4n) is 2.46. The van der Waals surface area contributed by atoms with Crippen LogP contribution in [-0.2, 0) is 23.8 Å². The number of esters is 1. The van der Waals surface area contributed by atoms with Gasteiger partial charge in [-0.15, -0.1) is 11.8 Å². The number of nitrogens with two attached hydrogens (primary N) is 1. The number of amides is 1. The lowest BCUT2D eigenvalue weighted by molar-refractivity contribution is -0.169. The summed E-state index contributed by atoms with van der Waals surface area (Å²) in [5.41, 5.74) is 5.73. The molecular weight excluding hydrogens is 312 g/mol. The van der Waals surface area contributed by atoms with E-state index in [1.807, 2.05) is 20.8 Å². The van der Waals surface area contributed by atoms with Crippen molar-refractivity contribution in [2.45, 2.75) is 49.4 Å². The molecule has 124 valence electrons. The molecule has 22 heavy (non-hydrogen) atoms. The molecule has 2 aliphatic rings. The molecule has 0 bridgehead atoms. The van der Waals surface area contributed by atoms with Crippen molar-refractivity contribution in [3.05, 3.63) is 0 Å². The zero-order chi connectivity index (χ0) is 16.5. The molecule has 2 N–H and O–H groups in total. The van der Waals surface area contributed by atoms with E-state index < -0.39 is 35.7 Å². The van der Waals surface area contributed by atoms with Crippen molar-refractivity contribution < 1.29 is 28.6 Å². The summed E-state index contributed by atoms with van der Waals surface area (Å²) >= 11 is 1.46. The Bertz CT molecular complexity index is 483. The van der Waals surface area contributed by atoms with E-state index in [9.17, 15) is 14.4 Å². The van der Waals surface area contributed by atoms with Crippen LogP contribution in [-0.4, -0.2) is 58.5 Å². The van der Waals surface area contributed by atoms with Gasteiger partial charge in [0.05, 0.1) is 6.61 Å². The first-order chi connectivity index (χ1) is 10.3. The van der Waals surface area contributed by atoms with Crippen molar-refractivity contribution in [3.8, 4) is 0 Å². The molecule has 2 aliphatic heterocycles. The Morgan fingerprint density at radius 3 is 2.64 bits per heavy atom. The molecule has 0 spiro atoms. The van der Waals surface area contributed by atoms with Crippen LogP contribution in [0.5, 0.6) is 0 Å². The molecule has 0 unspecified atom stereocenters. The number of β-lactam (4-membered cyclic amide) rings is 1. The average molecular weight is 332 g/mol. The van der Waals surface area contributed by atoms with Crippen molar-refractivity contribution in [2.75, 3.05) is 13.4 Å². The lowest BCUT2D eigenvalue weighted by Crippen LogP contribution is -2.68. The molecule has 0 aromatic rings. The van der Waals surface area contributed by atoms with Gasteiger partial charge in [-0.25, -0.2) is 9.59 Å². The monoisotopic (exact) mass is 332 g/mol. The van der Waals surface area contributed by atoms with E-state index in [1.165, 1.54) is 16.7 Å². The van der Waals surface area contributed by atoms with Crippen LogP contribution < -0.4 is 5.73 Å². The lowest BCUT2D eigenvalue weighted by Gasteiger charge is -2.41. The number of thioether (sulfide) groups is 1. The van der Waals surface area contributed by atoms with E-state index in [0.29, 0.717) is 6.42 Å². The highest BCUT2D eigenvalue weighted by Crippen LogP contribution is 2.50. The first kappa shape index (κ1) is 16.9. The van der Waals surface area contributed by atoms with Gasteiger partial charge < -0.3 is 24.8 Å². The summed E-state index contributed by atoms with van der Waals surface area (Å²) in [5.74, 6) is -0.892. The first-order valence-electron chi connectivity index (χ1n) is 7.01. The van der Waals surface area contributed by atoms with Gasteiger partial charge in [-0.2, -0.15) is 0 Å². The Morgan fingerprint density at radius 2 is 2.00 bits per heavy atom. The van der Waals surface area contributed by atoms with E-state index in [0.717, 1.165) is 0 Å². The van der Waals surface area contributed by atoms with Crippen LogP contribution in [0.4, 0.5) is 4.79 Å². The van der Waals surface area contributed by atoms with E-state index in [4.69, 9.17) is 10.5 Å². The van der Waals surface area contributed by atoms with Gasteiger partial charge in [0.15, 0.2) is 0 Å². The maximum Gasteiger partial charge on any atom is 0.511 e. The van der Waals surface area contributed by atoms with Crippen LogP contribution in [0.2, 0.25) is 0 Å². The van der Waals surface area contributed by atoms with Gasteiger partial charge in [-0.05, 0) is 20.3 Å². The highest BCUT2D eigenvalue weighted by atomic mass is 32.2. The minimum atomic E-state index is -0.894. The minimum absolute atomic E-state index is 0.213. The quantitative estimate of drug-likeness (QED) is 0.439. The summed E-state index contributed by atoms with van der Waals surface area (Å²) in [5, 5.41) is -0.213. The number of carbonyl (C=O) groups is 3. The maximum atomic E-state index is 12.2. The van der Waals surface area contributed by atoms with Crippen LogP contribution in [0.25, 0.3) is 0 Å². The van der Waals surface area contributed by atoms with E-state index in [2.05, 4.69) is 9.47 Å². The molecule has 0 aromatic carbocycles. The summed E-state index contributed by atoms with van der Waals surface area (Å²) in [4.78, 5) is 36.6. The Kier molecular flexibility index (Phi) is 4.86. The van der Waals surface area contributed by atoms with Gasteiger partial charge >= 0.3 is 12.1 Å². The third-order valence-electron chi connectivity index (χ3n) is 3.51. The number of ether oxygens (including phenoxy) is 3. The minimum Gasteiger partial charge on any atom is -0.434 e. The predicted molar refractivity (Wildman–Crippen MR) is 77.8 cm³/mol. The fraction of sp³-hybridized carbons (Fsp3) is 0.769. The Balaban J connectivity index is 1.87. The molecular formula is C13H20N2O6S. The van der Waals surface area contributed by atoms with Crippen molar-refractivity contribution in [3.63, 3.8) is 0 Å². The second-order valence-electron chi connectivity index (χ2n) is 5.61. The van der Waals surface area contributed by atoms with Crippen molar-refractivity contribution in [1.82, 2.24) is 4.90 Å². The van der Waals surface area contributed by atoms with Crippen molar-refractivity contribution in [2.24, 2.45) is 5.73 Å². The molecule has 0 aromatic heterocycles. The molecule has 2 fully saturated rings. The number of nitrogens with zero attached hydrogens (tertiary/aromatic N) is 1. The van der Waals surface area contributed by atoms with Gasteiger partial charge in [-0.1, -0.05) is 6.92 Å². The summed E-state index contributed by atoms with van der Waals surface area (Å²) in [6.45, 7) is 5.23. The van der Waals surface area contributed by atoms with E-state index in [-0.39, 0.29) is 17.9 Å². The number of hydrogen-bond acceptors (Lipinski definition) is 8. The molecule has 0 saturated carbocycles. The zero-order valence-corrected chi connectivity index (χ0v) is 13.6. The van der Waals surface area contributed by atoms with Gasteiger partial charge in [-0.3, -0.25) is 4.79 Å². The Hall–Kier alpha value is -1.48. The second-order valence-corrected chi connectivity index (χ2v) is 7.38. The largest absolute Gasteiger partial charge is 0.511 e. The van der Waals surface area contributed by atoms with Crippen molar-refractivity contribution in [1.29, 1.82) is 0 Å². The zero-order valence-electron chi connectivity index (χ0n) is 12.7. The number of hydrogen-bond donors (Lipinski definition) is 1. The molecule has 1 amide bonds. The smallest absolute Gasteiger partial charge is 0.434 e. The molecule has 9 heteroatoms. The van der Waals surface area contributed by atoms with Crippen LogP contribution in [0.1, 0.15) is 27.2 Å². The predicted octanol–water partition coefficient (Wildman–Crippen LogP) is 0.440. The third-order valence-corrected chi connectivity index (χ3v) is 5.10. The molecule has 2 saturated heterocycles. The molecule has 0 radical (unpaired) electrons. The van der Waals surface area contributed by atoms with E-state index in [1.54, 1.807) is 0 Å². The van der Waals surface area contributed by atoms with Gasteiger partial charge in [0.25, 0.3) is 0 Å². The highest BCUT2D eigenvalue weighted by molar-refractivity contribution is 8.01. The summed E-state index contributed by atoms with van der Waals surface area (Å²) in [6, 6.07) is -1.33. The van der Waals surface area contributed by atoms with Gasteiger partial charge in [0.1, 0.15) is 17.5 Å². The molecule has 0 aliphatic carbocycles. The summed E-state index contributed by atoms with van der Waals surface area (Å²) < 4.78 is 13.7. The topological polar surface area (TPSA) is 108 Å². The lowest BCUT2D eigenvalue weighted by atomic mass is 9.96. The summed E-state index contributed by atoms with van der Waals surface area (Å²) in [6.07, 6.45) is -0.226. The first-order valence-corrected chi connectivity index (χ1v) is 7.89. The van der Waals surface area contributed by atoms with Crippen LogP contribution in [0, 0.1) is 0 Å². The van der Waals surface area contributed by atoms with Gasteiger partial charge in [0.2, 0.25) is 12.7 Å².